The Morgan fingerprint density at radius 1 is 1.62 bits per heavy atom. The van der Waals surface area contributed by atoms with Crippen LogP contribution in [0.15, 0.2) is 0 Å². The minimum absolute atomic E-state index is 0.172. The summed E-state index contributed by atoms with van der Waals surface area (Å²) < 4.78 is 0. The van der Waals surface area contributed by atoms with Crippen molar-refractivity contribution in [1.82, 2.24) is 0 Å². The van der Waals surface area contributed by atoms with Crippen molar-refractivity contribution in [1.29, 1.82) is 5.26 Å². The van der Waals surface area contributed by atoms with Crippen molar-refractivity contribution in [2.75, 3.05) is 17.6 Å². The zero-order valence-electron chi connectivity index (χ0n) is 9.20. The number of anilines is 2. The number of rotatable bonds is 4. The summed E-state index contributed by atoms with van der Waals surface area (Å²) >= 11 is 1.16. The summed E-state index contributed by atoms with van der Waals surface area (Å²) in [5, 5.41) is 12.5. The molecule has 0 aliphatic rings. The molecule has 16 heavy (non-hydrogen) atoms. The van der Waals surface area contributed by atoms with E-state index in [2.05, 4.69) is 5.32 Å². The van der Waals surface area contributed by atoms with Gasteiger partial charge in [-0.2, -0.15) is 5.26 Å². The molecule has 86 valence electrons. The van der Waals surface area contributed by atoms with E-state index in [1.54, 1.807) is 0 Å². The lowest BCUT2D eigenvalue weighted by atomic mass is 10.2. The van der Waals surface area contributed by atoms with Crippen LogP contribution in [0.4, 0.5) is 10.7 Å². The number of thiophene rings is 1. The highest BCUT2D eigenvalue weighted by molar-refractivity contribution is 7.17. The Morgan fingerprint density at radius 3 is 2.69 bits per heavy atom. The number of carbonyl (C=O) groups is 1. The number of nitriles is 1. The second-order valence-electron chi connectivity index (χ2n) is 3.80. The number of hydrogen-bond donors (Lipinski definition) is 3. The molecule has 0 saturated carbocycles. The summed E-state index contributed by atoms with van der Waals surface area (Å²) in [6, 6.07) is 1.94. The van der Waals surface area contributed by atoms with Gasteiger partial charge in [-0.05, 0) is 5.92 Å². The van der Waals surface area contributed by atoms with E-state index in [-0.39, 0.29) is 11.3 Å². The molecule has 1 aromatic rings. The van der Waals surface area contributed by atoms with E-state index in [1.165, 1.54) is 0 Å². The fraction of sp³-hybridized carbons (Fsp3) is 0.400. The van der Waals surface area contributed by atoms with Crippen LogP contribution in [0.5, 0.6) is 0 Å². The van der Waals surface area contributed by atoms with Crippen LogP contribution in [-0.4, -0.2) is 12.5 Å². The van der Waals surface area contributed by atoms with Crippen LogP contribution in [0, 0.1) is 17.2 Å². The maximum absolute atomic E-state index is 11.2. The summed E-state index contributed by atoms with van der Waals surface area (Å²) in [6.07, 6.45) is 0. The van der Waals surface area contributed by atoms with E-state index in [0.717, 1.165) is 11.3 Å². The standard InChI is InChI=1S/C10H14N4OS/c1-5(2)4-14-10-7(9(13)15)8(12)6(3-11)16-10/h5,14H,4,12H2,1-2H3,(H2,13,15). The molecule has 0 saturated heterocycles. The zero-order chi connectivity index (χ0) is 12.3. The molecule has 0 spiro atoms. The van der Waals surface area contributed by atoms with Crippen LogP contribution in [-0.2, 0) is 0 Å². The average molecular weight is 238 g/mol. The maximum Gasteiger partial charge on any atom is 0.253 e. The van der Waals surface area contributed by atoms with Gasteiger partial charge >= 0.3 is 0 Å². The quantitative estimate of drug-likeness (QED) is 0.736. The summed E-state index contributed by atoms with van der Waals surface area (Å²) in [5.74, 6) is -0.184. The van der Waals surface area contributed by atoms with Crippen molar-refractivity contribution < 1.29 is 4.79 Å². The topological polar surface area (TPSA) is 105 Å². The van der Waals surface area contributed by atoms with Gasteiger partial charge in [-0.1, -0.05) is 13.8 Å². The van der Waals surface area contributed by atoms with Crippen molar-refractivity contribution in [3.8, 4) is 6.07 Å². The minimum Gasteiger partial charge on any atom is -0.396 e. The normalized spacial score (nSPS) is 10.1. The Morgan fingerprint density at radius 2 is 2.25 bits per heavy atom. The fourth-order valence-electron chi connectivity index (χ4n) is 1.19. The first-order chi connectivity index (χ1) is 7.47. The van der Waals surface area contributed by atoms with Crippen molar-refractivity contribution in [2.45, 2.75) is 13.8 Å². The number of hydrogen-bond acceptors (Lipinski definition) is 5. The van der Waals surface area contributed by atoms with Gasteiger partial charge in [0.1, 0.15) is 15.9 Å². The molecule has 0 bridgehead atoms. The van der Waals surface area contributed by atoms with E-state index >= 15 is 0 Å². The minimum atomic E-state index is -0.610. The van der Waals surface area contributed by atoms with E-state index in [4.69, 9.17) is 16.7 Å². The van der Waals surface area contributed by atoms with Crippen LogP contribution in [0.1, 0.15) is 29.1 Å². The third-order valence-corrected chi connectivity index (χ3v) is 3.03. The summed E-state index contributed by atoms with van der Waals surface area (Å²) in [4.78, 5) is 11.5. The summed E-state index contributed by atoms with van der Waals surface area (Å²) in [5.41, 5.74) is 11.3. The van der Waals surface area contributed by atoms with E-state index in [9.17, 15) is 4.79 Å². The molecule has 0 aliphatic heterocycles. The monoisotopic (exact) mass is 238 g/mol. The van der Waals surface area contributed by atoms with Crippen molar-refractivity contribution in [3.05, 3.63) is 10.4 Å². The van der Waals surface area contributed by atoms with Gasteiger partial charge in [-0.15, -0.1) is 11.3 Å². The lowest BCUT2D eigenvalue weighted by Crippen LogP contribution is -2.16. The first-order valence-corrected chi connectivity index (χ1v) is 5.65. The molecular formula is C10H14N4OS. The predicted octanol–water partition coefficient (Wildman–Crippen LogP) is 1.37. The molecular weight excluding hydrogens is 224 g/mol. The average Bonchev–Trinajstić information content (AvgIpc) is 2.51. The molecule has 0 radical (unpaired) electrons. The molecule has 0 aromatic carbocycles. The number of primary amides is 1. The Labute approximate surface area is 98.0 Å². The number of amides is 1. The largest absolute Gasteiger partial charge is 0.396 e. The van der Waals surface area contributed by atoms with Crippen LogP contribution < -0.4 is 16.8 Å². The van der Waals surface area contributed by atoms with Gasteiger partial charge in [0, 0.05) is 6.54 Å². The molecule has 6 heteroatoms. The first-order valence-electron chi connectivity index (χ1n) is 4.83. The van der Waals surface area contributed by atoms with Gasteiger partial charge in [-0.3, -0.25) is 4.79 Å². The molecule has 1 heterocycles. The molecule has 0 unspecified atom stereocenters. The summed E-state index contributed by atoms with van der Waals surface area (Å²) in [7, 11) is 0. The molecule has 0 fully saturated rings. The Balaban J connectivity index is 3.08. The first kappa shape index (κ1) is 12.3. The number of nitrogen functional groups attached to an aromatic ring is 1. The Kier molecular flexibility index (Phi) is 3.74. The molecule has 0 atom stereocenters. The lowest BCUT2D eigenvalue weighted by Gasteiger charge is -2.07. The number of nitrogens with one attached hydrogen (secondary N) is 1. The van der Waals surface area contributed by atoms with Gasteiger partial charge < -0.3 is 16.8 Å². The SMILES string of the molecule is CC(C)CNc1sc(C#N)c(N)c1C(N)=O. The van der Waals surface area contributed by atoms with Gasteiger partial charge in [0.15, 0.2) is 0 Å². The smallest absolute Gasteiger partial charge is 0.253 e. The molecule has 5 N–H and O–H groups in total. The third kappa shape index (κ3) is 2.44. The van der Waals surface area contributed by atoms with E-state index in [0.29, 0.717) is 22.3 Å². The molecule has 5 nitrogen and oxygen atoms in total. The number of nitrogens with zero attached hydrogens (tertiary/aromatic N) is 1. The van der Waals surface area contributed by atoms with Gasteiger partial charge in [0.25, 0.3) is 5.91 Å². The molecule has 1 rings (SSSR count). The van der Waals surface area contributed by atoms with Gasteiger partial charge in [-0.25, -0.2) is 0 Å². The van der Waals surface area contributed by atoms with Crippen LogP contribution in [0.25, 0.3) is 0 Å². The zero-order valence-corrected chi connectivity index (χ0v) is 10.0. The Bertz CT molecular complexity index is 444. The van der Waals surface area contributed by atoms with Gasteiger partial charge in [0.05, 0.1) is 11.3 Å². The van der Waals surface area contributed by atoms with Gasteiger partial charge in [0.2, 0.25) is 0 Å². The predicted molar refractivity (Wildman–Crippen MR) is 65.3 cm³/mol. The number of carbonyl (C=O) groups excluding carboxylic acids is 1. The van der Waals surface area contributed by atoms with Crippen molar-refractivity contribution in [3.63, 3.8) is 0 Å². The highest BCUT2D eigenvalue weighted by atomic mass is 32.1. The van der Waals surface area contributed by atoms with Crippen molar-refractivity contribution >= 4 is 27.9 Å². The number of nitrogens with two attached hydrogens (primary N) is 2. The molecule has 1 aromatic heterocycles. The van der Waals surface area contributed by atoms with E-state index < -0.39 is 5.91 Å². The highest BCUT2D eigenvalue weighted by Crippen LogP contribution is 2.34. The Hall–Kier alpha value is -1.74. The molecule has 0 aliphatic carbocycles. The van der Waals surface area contributed by atoms with E-state index in [1.807, 2.05) is 19.9 Å². The third-order valence-electron chi connectivity index (χ3n) is 1.96. The second kappa shape index (κ2) is 4.86. The lowest BCUT2D eigenvalue weighted by molar-refractivity contribution is 0.100. The van der Waals surface area contributed by atoms with Crippen LogP contribution in [0.3, 0.4) is 0 Å². The van der Waals surface area contributed by atoms with Crippen LogP contribution in [0.2, 0.25) is 0 Å². The van der Waals surface area contributed by atoms with Crippen LogP contribution >= 0.6 is 11.3 Å². The molecule has 1 amide bonds. The second-order valence-corrected chi connectivity index (χ2v) is 4.82. The maximum atomic E-state index is 11.2. The fourth-order valence-corrected chi connectivity index (χ4v) is 2.12. The van der Waals surface area contributed by atoms with Crippen molar-refractivity contribution in [2.24, 2.45) is 11.7 Å². The summed E-state index contributed by atoms with van der Waals surface area (Å²) in [6.45, 7) is 4.78. The highest BCUT2D eigenvalue weighted by Gasteiger charge is 2.19.